The molecule has 0 aliphatic carbocycles. The van der Waals surface area contributed by atoms with Gasteiger partial charge in [0.2, 0.25) is 5.91 Å². The number of hydrogen-bond acceptors (Lipinski definition) is 6. The second-order valence-corrected chi connectivity index (χ2v) is 6.81. The number of nitrogens with one attached hydrogen (secondary N) is 1. The molecule has 1 heterocycles. The van der Waals surface area contributed by atoms with E-state index in [1.54, 1.807) is 42.5 Å². The Morgan fingerprint density at radius 2 is 1.68 bits per heavy atom. The lowest BCUT2D eigenvalue weighted by molar-refractivity contribution is -0.124. The van der Waals surface area contributed by atoms with Gasteiger partial charge < -0.3 is 19.7 Å². The summed E-state index contributed by atoms with van der Waals surface area (Å²) < 4.78 is 9.70. The van der Waals surface area contributed by atoms with Crippen LogP contribution in [-0.2, 0) is 19.1 Å². The number of nitrogens with zero attached hydrogens (tertiary/aromatic N) is 2. The number of methoxy groups -OCH3 is 2. The number of carbonyl (C=O) groups is 4. The van der Waals surface area contributed by atoms with Crippen LogP contribution in [0.3, 0.4) is 0 Å². The lowest BCUT2D eigenvalue weighted by atomic mass is 10.1. The summed E-state index contributed by atoms with van der Waals surface area (Å²) in [6, 6.07) is 13.3. The molecule has 2 aromatic rings. The number of amides is 4. The normalized spacial score (nSPS) is 15.9. The molecule has 1 atom stereocenters. The van der Waals surface area contributed by atoms with Crippen LogP contribution in [0.15, 0.2) is 54.6 Å². The third-order valence-corrected chi connectivity index (χ3v) is 4.84. The minimum absolute atomic E-state index is 0.177. The third-order valence-electron chi connectivity index (χ3n) is 4.84. The van der Waals surface area contributed by atoms with Gasteiger partial charge in [0.25, 0.3) is 5.91 Å². The Labute approximate surface area is 179 Å². The zero-order valence-electron chi connectivity index (χ0n) is 17.2. The molecule has 2 aromatic carbocycles. The predicted molar refractivity (Wildman–Crippen MR) is 113 cm³/mol. The molecule has 0 bridgehead atoms. The number of rotatable bonds is 8. The molecule has 1 aliphatic heterocycles. The number of carbonyl (C=O) groups excluding carboxylic acids is 4. The molecule has 0 radical (unpaired) electrons. The number of hydrogen-bond donors (Lipinski definition) is 1. The first-order valence-electron chi connectivity index (χ1n) is 9.63. The summed E-state index contributed by atoms with van der Waals surface area (Å²) in [6.07, 6.45) is -0.212. The molecule has 0 aromatic heterocycles. The summed E-state index contributed by atoms with van der Waals surface area (Å²) in [7, 11) is 2.78. The van der Waals surface area contributed by atoms with E-state index >= 15 is 0 Å². The van der Waals surface area contributed by atoms with E-state index < -0.39 is 29.9 Å². The van der Waals surface area contributed by atoms with Gasteiger partial charge in [-0.05, 0) is 36.4 Å². The highest BCUT2D eigenvalue weighted by molar-refractivity contribution is 6.22. The van der Waals surface area contributed by atoms with Crippen LogP contribution in [0.5, 0.6) is 0 Å². The van der Waals surface area contributed by atoms with E-state index in [0.717, 1.165) is 4.90 Å². The fourth-order valence-electron chi connectivity index (χ4n) is 3.29. The van der Waals surface area contributed by atoms with Gasteiger partial charge in [-0.25, -0.2) is 14.5 Å². The number of benzene rings is 2. The van der Waals surface area contributed by atoms with Crippen molar-refractivity contribution in [2.24, 2.45) is 0 Å². The van der Waals surface area contributed by atoms with E-state index in [4.69, 9.17) is 4.74 Å². The molecule has 4 amide bonds. The zero-order chi connectivity index (χ0) is 22.4. The molecule has 162 valence electrons. The maximum atomic E-state index is 13.0. The molecule has 9 nitrogen and oxygen atoms in total. The van der Waals surface area contributed by atoms with Crippen molar-refractivity contribution in [2.75, 3.05) is 37.6 Å². The quantitative estimate of drug-likeness (QED) is 0.514. The molecule has 1 aliphatic rings. The summed E-state index contributed by atoms with van der Waals surface area (Å²) in [5.41, 5.74) is 1.25. The van der Waals surface area contributed by atoms with Crippen LogP contribution in [0.1, 0.15) is 16.8 Å². The van der Waals surface area contributed by atoms with Gasteiger partial charge in [-0.1, -0.05) is 18.2 Å². The fourth-order valence-corrected chi connectivity index (χ4v) is 3.29. The lowest BCUT2D eigenvalue weighted by Gasteiger charge is -2.21. The average Bonchev–Trinajstić information content (AvgIpc) is 3.01. The van der Waals surface area contributed by atoms with Gasteiger partial charge >= 0.3 is 12.0 Å². The summed E-state index contributed by atoms with van der Waals surface area (Å²) in [5.74, 6) is -1.39. The van der Waals surface area contributed by atoms with Crippen molar-refractivity contribution in [1.29, 1.82) is 0 Å². The number of urea groups is 1. The van der Waals surface area contributed by atoms with Crippen LogP contribution < -0.4 is 10.2 Å². The van der Waals surface area contributed by atoms with Crippen molar-refractivity contribution >= 4 is 35.2 Å². The van der Waals surface area contributed by atoms with E-state index in [1.165, 1.54) is 31.3 Å². The van der Waals surface area contributed by atoms with E-state index in [0.29, 0.717) is 16.9 Å². The lowest BCUT2D eigenvalue weighted by Crippen LogP contribution is -2.39. The molecule has 0 saturated carbocycles. The molecule has 1 N–H and O–H groups in total. The van der Waals surface area contributed by atoms with E-state index in [1.807, 2.05) is 0 Å². The van der Waals surface area contributed by atoms with Crippen molar-refractivity contribution in [3.63, 3.8) is 0 Å². The van der Waals surface area contributed by atoms with Gasteiger partial charge in [0.15, 0.2) is 0 Å². The Bertz CT molecular complexity index is 961. The predicted octanol–water partition coefficient (Wildman–Crippen LogP) is 2.29. The molecule has 0 spiro atoms. The number of imide groups is 1. The maximum Gasteiger partial charge on any atom is 0.337 e. The molecular weight excluding hydrogens is 402 g/mol. The Kier molecular flexibility index (Phi) is 6.99. The van der Waals surface area contributed by atoms with Gasteiger partial charge in [0.05, 0.1) is 31.4 Å². The zero-order valence-corrected chi connectivity index (χ0v) is 17.2. The third kappa shape index (κ3) is 4.89. The molecule has 9 heteroatoms. The largest absolute Gasteiger partial charge is 0.465 e. The van der Waals surface area contributed by atoms with Gasteiger partial charge in [-0.3, -0.25) is 9.59 Å². The van der Waals surface area contributed by atoms with Crippen LogP contribution in [0.2, 0.25) is 0 Å². The van der Waals surface area contributed by atoms with Gasteiger partial charge in [-0.15, -0.1) is 0 Å². The summed E-state index contributed by atoms with van der Waals surface area (Å²) in [4.78, 5) is 52.5. The van der Waals surface area contributed by atoms with E-state index in [-0.39, 0.29) is 19.6 Å². The highest BCUT2D eigenvalue weighted by Gasteiger charge is 2.46. The summed E-state index contributed by atoms with van der Waals surface area (Å²) in [5, 5.41) is 2.69. The minimum Gasteiger partial charge on any atom is -0.465 e. The Morgan fingerprint density at radius 1 is 1.00 bits per heavy atom. The van der Waals surface area contributed by atoms with Crippen LogP contribution >= 0.6 is 0 Å². The van der Waals surface area contributed by atoms with Crippen LogP contribution in [-0.4, -0.2) is 62.1 Å². The SMILES string of the molecule is COCCN1C(=O)N(c2ccccc2)C(=O)[C@@H]1CC(=O)Nc1ccc(C(=O)OC)cc1. The smallest absolute Gasteiger partial charge is 0.337 e. The fraction of sp³-hybridized carbons (Fsp3) is 0.273. The van der Waals surface area contributed by atoms with Crippen LogP contribution in [0, 0.1) is 0 Å². The second kappa shape index (κ2) is 9.86. The molecule has 3 rings (SSSR count). The minimum atomic E-state index is -0.947. The average molecular weight is 425 g/mol. The Morgan fingerprint density at radius 3 is 2.29 bits per heavy atom. The molecular formula is C22H23N3O6. The second-order valence-electron chi connectivity index (χ2n) is 6.81. The first-order chi connectivity index (χ1) is 15.0. The monoisotopic (exact) mass is 425 g/mol. The standard InChI is InChI=1S/C22H23N3O6/c1-30-13-12-24-18(20(27)25(22(24)29)17-6-4-3-5-7-17)14-19(26)23-16-10-8-15(9-11-16)21(28)31-2/h3-11,18H,12-14H2,1-2H3,(H,23,26)/t18-/m0/s1. The van der Waals surface area contributed by atoms with Crippen LogP contribution in [0.25, 0.3) is 0 Å². The number of para-hydroxylation sites is 1. The van der Waals surface area contributed by atoms with Gasteiger partial charge in [0, 0.05) is 19.3 Å². The highest BCUT2D eigenvalue weighted by Crippen LogP contribution is 2.26. The van der Waals surface area contributed by atoms with Crippen LogP contribution in [0.4, 0.5) is 16.2 Å². The number of anilines is 2. The number of esters is 1. The van der Waals surface area contributed by atoms with Gasteiger partial charge in [-0.2, -0.15) is 0 Å². The maximum absolute atomic E-state index is 13.0. The molecule has 0 unspecified atom stereocenters. The highest BCUT2D eigenvalue weighted by atomic mass is 16.5. The van der Waals surface area contributed by atoms with E-state index in [2.05, 4.69) is 10.1 Å². The first-order valence-corrected chi connectivity index (χ1v) is 9.63. The number of ether oxygens (including phenoxy) is 2. The summed E-state index contributed by atoms with van der Waals surface area (Å²) >= 11 is 0. The molecule has 31 heavy (non-hydrogen) atoms. The van der Waals surface area contributed by atoms with Crippen molar-refractivity contribution in [3.8, 4) is 0 Å². The summed E-state index contributed by atoms with van der Waals surface area (Å²) in [6.45, 7) is 0.408. The van der Waals surface area contributed by atoms with Gasteiger partial charge in [0.1, 0.15) is 6.04 Å². The Hall–Kier alpha value is -3.72. The topological polar surface area (TPSA) is 105 Å². The molecule has 1 saturated heterocycles. The van der Waals surface area contributed by atoms with Crippen molar-refractivity contribution in [3.05, 3.63) is 60.2 Å². The Balaban J connectivity index is 1.74. The first kappa shape index (κ1) is 22.0. The van der Waals surface area contributed by atoms with Crippen molar-refractivity contribution < 1.29 is 28.7 Å². The molecule has 1 fully saturated rings. The van der Waals surface area contributed by atoms with E-state index in [9.17, 15) is 19.2 Å². The van der Waals surface area contributed by atoms with Crippen molar-refractivity contribution in [1.82, 2.24) is 4.90 Å². The van der Waals surface area contributed by atoms with Crippen molar-refractivity contribution in [2.45, 2.75) is 12.5 Å².